The topological polar surface area (TPSA) is 43.4 Å². The van der Waals surface area contributed by atoms with E-state index in [0.29, 0.717) is 12.2 Å². The molecule has 0 saturated carbocycles. The van der Waals surface area contributed by atoms with Crippen molar-refractivity contribution >= 4 is 11.8 Å². The zero-order chi connectivity index (χ0) is 12.0. The molecule has 1 aromatic rings. The normalized spacial score (nSPS) is 11.9. The molecule has 3 heteroatoms. The summed E-state index contributed by atoms with van der Waals surface area (Å²) in [6.07, 6.45) is 0.755. The monoisotopic (exact) mass is 220 g/mol. The number of Topliss-reactive ketones (excluding diaryl/α,β-unsaturated/α-hetero) is 1. The fourth-order valence-electron chi connectivity index (χ4n) is 1.47. The van der Waals surface area contributed by atoms with E-state index in [2.05, 4.69) is 0 Å². The Balaban J connectivity index is 2.84. The predicted molar refractivity (Wildman–Crippen MR) is 61.1 cm³/mol. The van der Waals surface area contributed by atoms with Crippen molar-refractivity contribution in [1.29, 1.82) is 0 Å². The molecule has 1 atom stereocenters. The van der Waals surface area contributed by atoms with Crippen LogP contribution in [0, 0.1) is 0 Å². The summed E-state index contributed by atoms with van der Waals surface area (Å²) in [5.74, 6) is -1.43. The van der Waals surface area contributed by atoms with Gasteiger partial charge in [-0.3, -0.25) is 9.59 Å². The van der Waals surface area contributed by atoms with Crippen LogP contribution >= 0.6 is 0 Å². The third-order valence-electron chi connectivity index (χ3n) is 2.22. The third-order valence-corrected chi connectivity index (χ3v) is 2.22. The Hall–Kier alpha value is -1.64. The maximum absolute atomic E-state index is 11.7. The highest BCUT2D eigenvalue weighted by Crippen LogP contribution is 2.18. The van der Waals surface area contributed by atoms with Gasteiger partial charge in [0.15, 0.2) is 0 Å². The third kappa shape index (κ3) is 3.19. The first-order valence-electron chi connectivity index (χ1n) is 5.38. The van der Waals surface area contributed by atoms with E-state index in [0.717, 1.165) is 6.42 Å². The lowest BCUT2D eigenvalue weighted by Crippen LogP contribution is -2.22. The Labute approximate surface area is 95.4 Å². The molecule has 1 rings (SSSR count). The molecule has 1 unspecified atom stereocenters. The highest BCUT2D eigenvalue weighted by Gasteiger charge is 2.26. The second-order valence-electron chi connectivity index (χ2n) is 3.62. The fourth-order valence-corrected chi connectivity index (χ4v) is 1.47. The zero-order valence-electron chi connectivity index (χ0n) is 9.60. The van der Waals surface area contributed by atoms with Crippen LogP contribution in [-0.4, -0.2) is 18.4 Å². The van der Waals surface area contributed by atoms with Crippen molar-refractivity contribution in [3.8, 4) is 0 Å². The van der Waals surface area contributed by atoms with E-state index < -0.39 is 11.9 Å². The quantitative estimate of drug-likeness (QED) is 0.565. The van der Waals surface area contributed by atoms with Gasteiger partial charge in [-0.25, -0.2) is 0 Å². The Morgan fingerprint density at radius 1 is 1.25 bits per heavy atom. The van der Waals surface area contributed by atoms with Gasteiger partial charge in [-0.2, -0.15) is 0 Å². The second-order valence-corrected chi connectivity index (χ2v) is 3.62. The van der Waals surface area contributed by atoms with E-state index in [-0.39, 0.29) is 5.78 Å². The molecule has 86 valence electrons. The summed E-state index contributed by atoms with van der Waals surface area (Å²) in [6, 6.07) is 8.98. The molecule has 0 N–H and O–H groups in total. The summed E-state index contributed by atoms with van der Waals surface area (Å²) < 4.78 is 5.01. The van der Waals surface area contributed by atoms with Crippen molar-refractivity contribution in [3.05, 3.63) is 35.9 Å². The van der Waals surface area contributed by atoms with Crippen LogP contribution in [0.5, 0.6) is 0 Å². The van der Waals surface area contributed by atoms with Crippen molar-refractivity contribution in [2.45, 2.75) is 26.2 Å². The van der Waals surface area contributed by atoms with Gasteiger partial charge in [-0.15, -0.1) is 0 Å². The first-order valence-corrected chi connectivity index (χ1v) is 5.38. The molecular formula is C13H16O3. The number of rotatable bonds is 5. The first-order chi connectivity index (χ1) is 7.66. The van der Waals surface area contributed by atoms with Crippen molar-refractivity contribution in [1.82, 2.24) is 0 Å². The molecule has 1 aromatic carbocycles. The van der Waals surface area contributed by atoms with E-state index in [1.54, 1.807) is 24.3 Å². The van der Waals surface area contributed by atoms with Crippen LogP contribution in [0.1, 0.15) is 31.7 Å². The number of benzene rings is 1. The molecule has 0 fully saturated rings. The Kier molecular flexibility index (Phi) is 4.70. The van der Waals surface area contributed by atoms with Gasteiger partial charge in [-0.1, -0.05) is 37.3 Å². The van der Waals surface area contributed by atoms with Crippen LogP contribution in [0.15, 0.2) is 30.3 Å². The smallest absolute Gasteiger partial charge is 0.320 e. The van der Waals surface area contributed by atoms with E-state index >= 15 is 0 Å². The summed E-state index contributed by atoms with van der Waals surface area (Å²) in [4.78, 5) is 23.1. The van der Waals surface area contributed by atoms with Gasteiger partial charge in [0.2, 0.25) is 0 Å². The Morgan fingerprint density at radius 3 is 2.38 bits per heavy atom. The van der Waals surface area contributed by atoms with Crippen molar-refractivity contribution in [2.75, 3.05) is 6.61 Å². The van der Waals surface area contributed by atoms with Crippen molar-refractivity contribution < 1.29 is 14.3 Å². The molecule has 0 aliphatic heterocycles. The largest absolute Gasteiger partial charge is 0.465 e. The molecule has 0 heterocycles. The van der Waals surface area contributed by atoms with Crippen molar-refractivity contribution in [2.24, 2.45) is 0 Å². The fraction of sp³-hybridized carbons (Fsp3) is 0.385. The molecule has 0 radical (unpaired) electrons. The SMILES string of the molecule is CCCOC(=O)C(C(C)=O)c1ccccc1. The second kappa shape index (κ2) is 6.05. The number of ketones is 1. The van der Waals surface area contributed by atoms with Gasteiger partial charge in [0, 0.05) is 0 Å². The lowest BCUT2D eigenvalue weighted by atomic mass is 9.96. The molecule has 0 bridgehead atoms. The molecule has 0 aliphatic carbocycles. The number of carbonyl (C=O) groups excluding carboxylic acids is 2. The van der Waals surface area contributed by atoms with E-state index in [1.807, 2.05) is 13.0 Å². The lowest BCUT2D eigenvalue weighted by molar-refractivity contribution is -0.148. The van der Waals surface area contributed by atoms with Gasteiger partial charge in [0.1, 0.15) is 11.7 Å². The van der Waals surface area contributed by atoms with E-state index in [9.17, 15) is 9.59 Å². The number of hydrogen-bond donors (Lipinski definition) is 0. The van der Waals surface area contributed by atoms with Gasteiger partial charge >= 0.3 is 5.97 Å². The van der Waals surface area contributed by atoms with Crippen LogP contribution in [0.3, 0.4) is 0 Å². The summed E-state index contributed by atoms with van der Waals surface area (Å²) >= 11 is 0. The standard InChI is InChI=1S/C13H16O3/c1-3-9-16-13(15)12(10(2)14)11-7-5-4-6-8-11/h4-8,12H,3,9H2,1-2H3. The van der Waals surface area contributed by atoms with Gasteiger partial charge in [-0.05, 0) is 18.9 Å². The number of ether oxygens (including phenoxy) is 1. The summed E-state index contributed by atoms with van der Waals surface area (Å²) in [6.45, 7) is 3.68. The minimum atomic E-state index is -0.784. The molecule has 0 spiro atoms. The number of carbonyl (C=O) groups is 2. The number of hydrogen-bond acceptors (Lipinski definition) is 3. The van der Waals surface area contributed by atoms with Crippen LogP contribution in [-0.2, 0) is 14.3 Å². The van der Waals surface area contributed by atoms with E-state index in [1.165, 1.54) is 6.92 Å². The van der Waals surface area contributed by atoms with Crippen LogP contribution in [0.2, 0.25) is 0 Å². The molecule has 0 aliphatic rings. The molecule has 16 heavy (non-hydrogen) atoms. The molecule has 0 aromatic heterocycles. The highest BCUT2D eigenvalue weighted by atomic mass is 16.5. The maximum Gasteiger partial charge on any atom is 0.320 e. The van der Waals surface area contributed by atoms with Crippen LogP contribution in [0.4, 0.5) is 0 Å². The summed E-state index contributed by atoms with van der Waals surface area (Å²) in [5, 5.41) is 0. The highest BCUT2D eigenvalue weighted by molar-refractivity contribution is 6.03. The van der Waals surface area contributed by atoms with E-state index in [4.69, 9.17) is 4.74 Å². The van der Waals surface area contributed by atoms with Gasteiger partial charge in [0.25, 0.3) is 0 Å². The Bertz CT molecular complexity index is 357. The first kappa shape index (κ1) is 12.4. The average molecular weight is 220 g/mol. The molecule has 0 amide bonds. The molecule has 0 saturated heterocycles. The summed E-state index contributed by atoms with van der Waals surface area (Å²) in [7, 11) is 0. The van der Waals surface area contributed by atoms with Gasteiger partial charge < -0.3 is 4.74 Å². The lowest BCUT2D eigenvalue weighted by Gasteiger charge is -2.13. The molecular weight excluding hydrogens is 204 g/mol. The predicted octanol–water partition coefficient (Wildman–Crippen LogP) is 2.31. The van der Waals surface area contributed by atoms with Gasteiger partial charge in [0.05, 0.1) is 6.61 Å². The van der Waals surface area contributed by atoms with Crippen molar-refractivity contribution in [3.63, 3.8) is 0 Å². The zero-order valence-corrected chi connectivity index (χ0v) is 9.60. The van der Waals surface area contributed by atoms with Crippen LogP contribution in [0.25, 0.3) is 0 Å². The Morgan fingerprint density at radius 2 is 1.88 bits per heavy atom. The maximum atomic E-state index is 11.7. The minimum Gasteiger partial charge on any atom is -0.465 e. The molecule has 3 nitrogen and oxygen atoms in total. The minimum absolute atomic E-state index is 0.188. The average Bonchev–Trinajstić information content (AvgIpc) is 2.27. The number of esters is 1. The van der Waals surface area contributed by atoms with Crippen LogP contribution < -0.4 is 0 Å². The summed E-state index contributed by atoms with van der Waals surface area (Å²) in [5.41, 5.74) is 0.691.